The summed E-state index contributed by atoms with van der Waals surface area (Å²) in [6.07, 6.45) is 0.400. The van der Waals surface area contributed by atoms with Gasteiger partial charge in [-0.3, -0.25) is 19.7 Å². The summed E-state index contributed by atoms with van der Waals surface area (Å²) in [6.45, 7) is -0.322. The molecule has 3 aromatic rings. The zero-order chi connectivity index (χ0) is 23.8. The average Bonchev–Trinajstić information content (AvgIpc) is 2.83. The molecule has 3 aromatic carbocycles. The van der Waals surface area contributed by atoms with E-state index in [0.717, 1.165) is 17.2 Å². The lowest BCUT2D eigenvalue weighted by Crippen LogP contribution is -2.39. The first-order valence-electron chi connectivity index (χ1n) is 10.1. The van der Waals surface area contributed by atoms with Gasteiger partial charge in [-0.15, -0.1) is 0 Å². The predicted octanol–water partition coefficient (Wildman–Crippen LogP) is 3.57. The van der Waals surface area contributed by atoms with Crippen LogP contribution in [0.25, 0.3) is 0 Å². The van der Waals surface area contributed by atoms with Crippen LogP contribution in [0.15, 0.2) is 72.8 Å². The summed E-state index contributed by atoms with van der Waals surface area (Å²) < 4.78 is 18.4. The van der Waals surface area contributed by atoms with Gasteiger partial charge in [0.05, 0.1) is 24.6 Å². The number of benzene rings is 3. The molecule has 0 aliphatic carbocycles. The van der Waals surface area contributed by atoms with Gasteiger partial charge in [0.2, 0.25) is 5.91 Å². The van der Waals surface area contributed by atoms with Crippen LogP contribution in [0, 0.1) is 15.9 Å². The van der Waals surface area contributed by atoms with Crippen molar-refractivity contribution in [2.75, 3.05) is 13.7 Å². The number of carbonyl (C=O) groups is 2. The number of non-ortho nitro benzene ring substituents is 1. The van der Waals surface area contributed by atoms with Gasteiger partial charge >= 0.3 is 0 Å². The van der Waals surface area contributed by atoms with Gasteiger partial charge in [-0.2, -0.15) is 0 Å². The monoisotopic (exact) mass is 451 g/mol. The maximum Gasteiger partial charge on any atom is 0.270 e. The van der Waals surface area contributed by atoms with E-state index in [0.29, 0.717) is 12.2 Å². The number of nitrogens with one attached hydrogen (secondary N) is 2. The van der Waals surface area contributed by atoms with Crippen LogP contribution in [0.3, 0.4) is 0 Å². The second-order valence-corrected chi connectivity index (χ2v) is 7.21. The van der Waals surface area contributed by atoms with Gasteiger partial charge < -0.3 is 15.4 Å². The van der Waals surface area contributed by atoms with Crippen LogP contribution in [0.2, 0.25) is 0 Å². The Hall–Kier alpha value is -4.27. The molecule has 9 heteroatoms. The summed E-state index contributed by atoms with van der Waals surface area (Å²) in [4.78, 5) is 35.2. The summed E-state index contributed by atoms with van der Waals surface area (Å²) in [5, 5.41) is 16.2. The second-order valence-electron chi connectivity index (χ2n) is 7.21. The number of halogens is 1. The molecular weight excluding hydrogens is 429 g/mol. The van der Waals surface area contributed by atoms with Gasteiger partial charge in [-0.05, 0) is 47.9 Å². The van der Waals surface area contributed by atoms with E-state index < -0.39 is 22.8 Å². The van der Waals surface area contributed by atoms with E-state index in [1.165, 1.54) is 30.3 Å². The summed E-state index contributed by atoms with van der Waals surface area (Å²) in [7, 11) is 1.55. The maximum atomic E-state index is 13.3. The van der Waals surface area contributed by atoms with Crippen LogP contribution in [0.1, 0.15) is 27.5 Å². The molecule has 1 unspecified atom stereocenters. The number of rotatable bonds is 9. The standard InChI is InChI=1S/C24H22FN3O5/c1-33-21-11-7-17(8-12-21)22(13-16-5-9-19(25)10-6-16)27-23(29)15-26-24(30)18-3-2-4-20(14-18)28(31)32/h2-12,14,22H,13,15H2,1H3,(H,26,30)(H,27,29). The van der Waals surface area contributed by atoms with Crippen molar-refractivity contribution in [3.05, 3.63) is 105 Å². The Morgan fingerprint density at radius 1 is 1.06 bits per heavy atom. The summed E-state index contributed by atoms with van der Waals surface area (Å²) in [6, 6.07) is 17.9. The normalized spacial score (nSPS) is 11.3. The molecule has 0 radical (unpaired) electrons. The largest absolute Gasteiger partial charge is 0.497 e. The zero-order valence-corrected chi connectivity index (χ0v) is 17.8. The molecule has 8 nitrogen and oxygen atoms in total. The minimum Gasteiger partial charge on any atom is -0.497 e. The second kappa shape index (κ2) is 10.9. The van der Waals surface area contributed by atoms with Crippen molar-refractivity contribution >= 4 is 17.5 Å². The Bertz CT molecular complexity index is 1130. The highest BCUT2D eigenvalue weighted by Crippen LogP contribution is 2.22. The van der Waals surface area contributed by atoms with Crippen LogP contribution in [-0.4, -0.2) is 30.4 Å². The average molecular weight is 451 g/mol. The van der Waals surface area contributed by atoms with Crippen molar-refractivity contribution in [2.24, 2.45) is 0 Å². The molecule has 0 saturated heterocycles. The van der Waals surface area contributed by atoms with E-state index in [1.807, 2.05) is 12.1 Å². The van der Waals surface area contributed by atoms with Crippen LogP contribution in [-0.2, 0) is 11.2 Å². The predicted molar refractivity (Wildman–Crippen MR) is 119 cm³/mol. The summed E-state index contributed by atoms with van der Waals surface area (Å²) >= 11 is 0. The van der Waals surface area contributed by atoms with E-state index in [4.69, 9.17) is 4.74 Å². The van der Waals surface area contributed by atoms with Gasteiger partial charge in [0.15, 0.2) is 0 Å². The highest BCUT2D eigenvalue weighted by atomic mass is 19.1. The third-order valence-corrected chi connectivity index (χ3v) is 4.94. The van der Waals surface area contributed by atoms with Crippen molar-refractivity contribution in [2.45, 2.75) is 12.5 Å². The van der Waals surface area contributed by atoms with E-state index in [1.54, 1.807) is 31.4 Å². The number of hydrogen-bond acceptors (Lipinski definition) is 5. The summed E-state index contributed by atoms with van der Waals surface area (Å²) in [5.74, 6) is -0.743. The lowest BCUT2D eigenvalue weighted by atomic mass is 9.98. The van der Waals surface area contributed by atoms with Gasteiger partial charge in [0, 0.05) is 17.7 Å². The Labute approximate surface area is 189 Å². The molecule has 1 atom stereocenters. The lowest BCUT2D eigenvalue weighted by Gasteiger charge is -2.20. The maximum absolute atomic E-state index is 13.3. The quantitative estimate of drug-likeness (QED) is 0.382. The Morgan fingerprint density at radius 2 is 1.76 bits per heavy atom. The van der Waals surface area contributed by atoms with Crippen LogP contribution in [0.4, 0.5) is 10.1 Å². The van der Waals surface area contributed by atoms with Gasteiger partial charge in [0.25, 0.3) is 11.6 Å². The van der Waals surface area contributed by atoms with Crippen LogP contribution in [0.5, 0.6) is 5.75 Å². The Balaban J connectivity index is 1.68. The Kier molecular flexibility index (Phi) is 7.69. The number of nitro groups is 1. The molecule has 2 amide bonds. The molecule has 0 bridgehead atoms. The van der Waals surface area contributed by atoms with E-state index in [2.05, 4.69) is 10.6 Å². The lowest BCUT2D eigenvalue weighted by molar-refractivity contribution is -0.384. The fraction of sp³-hybridized carbons (Fsp3) is 0.167. The van der Waals surface area contributed by atoms with E-state index >= 15 is 0 Å². The van der Waals surface area contributed by atoms with Crippen LogP contribution >= 0.6 is 0 Å². The SMILES string of the molecule is COc1ccc(C(Cc2ccc(F)cc2)NC(=O)CNC(=O)c2cccc([N+](=O)[O-])c2)cc1. The number of methoxy groups -OCH3 is 1. The van der Waals surface area contributed by atoms with Crippen molar-refractivity contribution in [1.29, 1.82) is 0 Å². The molecule has 0 heterocycles. The third kappa shape index (κ3) is 6.60. The first-order chi connectivity index (χ1) is 15.9. The topological polar surface area (TPSA) is 111 Å². The molecule has 0 spiro atoms. The van der Waals surface area contributed by atoms with Crippen LogP contribution < -0.4 is 15.4 Å². The Morgan fingerprint density at radius 3 is 2.39 bits per heavy atom. The van der Waals surface area contributed by atoms with Crippen molar-refractivity contribution < 1.29 is 23.6 Å². The zero-order valence-electron chi connectivity index (χ0n) is 17.8. The highest BCUT2D eigenvalue weighted by Gasteiger charge is 2.17. The molecule has 0 fully saturated rings. The smallest absolute Gasteiger partial charge is 0.270 e. The molecule has 0 aliphatic heterocycles. The molecule has 33 heavy (non-hydrogen) atoms. The first-order valence-corrected chi connectivity index (χ1v) is 10.1. The minimum absolute atomic E-state index is 0.0787. The molecule has 3 rings (SSSR count). The first kappa shape index (κ1) is 23.4. The van der Waals surface area contributed by atoms with Gasteiger partial charge in [-0.1, -0.05) is 30.3 Å². The highest BCUT2D eigenvalue weighted by molar-refractivity contribution is 5.97. The molecular formula is C24H22FN3O5. The van der Waals surface area contributed by atoms with Crippen molar-refractivity contribution in [3.8, 4) is 5.75 Å². The number of amides is 2. The van der Waals surface area contributed by atoms with Crippen molar-refractivity contribution in [3.63, 3.8) is 0 Å². The van der Waals surface area contributed by atoms with E-state index in [-0.39, 0.29) is 23.6 Å². The number of nitro benzene ring substituents is 1. The summed E-state index contributed by atoms with van der Waals surface area (Å²) in [5.41, 5.74) is 1.48. The fourth-order valence-electron chi connectivity index (χ4n) is 3.21. The molecule has 170 valence electrons. The molecule has 0 aromatic heterocycles. The van der Waals surface area contributed by atoms with Gasteiger partial charge in [0.1, 0.15) is 11.6 Å². The number of carbonyl (C=O) groups excluding carboxylic acids is 2. The fourth-order valence-corrected chi connectivity index (χ4v) is 3.21. The van der Waals surface area contributed by atoms with Gasteiger partial charge in [-0.25, -0.2) is 4.39 Å². The minimum atomic E-state index is -0.603. The third-order valence-electron chi connectivity index (χ3n) is 4.94. The molecule has 2 N–H and O–H groups in total. The van der Waals surface area contributed by atoms with E-state index in [9.17, 15) is 24.1 Å². The molecule has 0 aliphatic rings. The molecule has 0 saturated carbocycles. The van der Waals surface area contributed by atoms with Crippen molar-refractivity contribution in [1.82, 2.24) is 10.6 Å². The number of ether oxygens (including phenoxy) is 1. The number of nitrogens with zero attached hydrogens (tertiary/aromatic N) is 1. The number of hydrogen-bond donors (Lipinski definition) is 2.